The molecule has 2 atom stereocenters. The number of nitrogens with one attached hydrogen (secondary N) is 1. The van der Waals surface area contributed by atoms with Crippen LogP contribution in [0.3, 0.4) is 0 Å². The minimum atomic E-state index is -2.86. The van der Waals surface area contributed by atoms with Crippen molar-refractivity contribution in [3.05, 3.63) is 29.8 Å². The summed E-state index contributed by atoms with van der Waals surface area (Å²) in [7, 11) is 0. The first kappa shape index (κ1) is 15.4. The average Bonchev–Trinajstić information content (AvgIpc) is 2.34. The standard InChI is InChI=1S/C13H18F2N2O2/c1-8(9(2)16)12(18)17-7-10-4-3-5-11(6-10)19-13(14)15/h3-6,8-9,13H,7,16H2,1-2H3,(H,17,18). The van der Waals surface area contributed by atoms with E-state index in [1.54, 1.807) is 26.0 Å². The van der Waals surface area contributed by atoms with Gasteiger partial charge >= 0.3 is 6.61 Å². The molecule has 1 amide bonds. The van der Waals surface area contributed by atoms with E-state index in [2.05, 4.69) is 10.1 Å². The molecule has 1 rings (SSSR count). The molecule has 0 saturated carbocycles. The normalized spacial score (nSPS) is 14.0. The fourth-order valence-corrected chi connectivity index (χ4v) is 1.42. The molecule has 0 aliphatic rings. The molecule has 0 heterocycles. The van der Waals surface area contributed by atoms with Crippen LogP contribution in [0.15, 0.2) is 24.3 Å². The third kappa shape index (κ3) is 5.21. The number of nitrogens with two attached hydrogens (primary N) is 1. The molecule has 1 aromatic carbocycles. The van der Waals surface area contributed by atoms with E-state index in [0.717, 1.165) is 0 Å². The molecule has 0 radical (unpaired) electrons. The van der Waals surface area contributed by atoms with Crippen LogP contribution in [-0.4, -0.2) is 18.6 Å². The van der Waals surface area contributed by atoms with Gasteiger partial charge in [0, 0.05) is 18.5 Å². The first-order valence-electron chi connectivity index (χ1n) is 5.97. The molecular formula is C13H18F2N2O2. The highest BCUT2D eigenvalue weighted by molar-refractivity contribution is 5.78. The number of alkyl halides is 2. The maximum Gasteiger partial charge on any atom is 0.387 e. The quantitative estimate of drug-likeness (QED) is 0.831. The van der Waals surface area contributed by atoms with Crippen LogP contribution >= 0.6 is 0 Å². The molecule has 0 aromatic heterocycles. The first-order valence-corrected chi connectivity index (χ1v) is 5.97. The molecule has 19 heavy (non-hydrogen) atoms. The lowest BCUT2D eigenvalue weighted by Crippen LogP contribution is -2.38. The summed E-state index contributed by atoms with van der Waals surface area (Å²) < 4.78 is 28.4. The van der Waals surface area contributed by atoms with Gasteiger partial charge < -0.3 is 15.8 Å². The smallest absolute Gasteiger partial charge is 0.387 e. The summed E-state index contributed by atoms with van der Waals surface area (Å²) in [4.78, 5) is 11.7. The van der Waals surface area contributed by atoms with E-state index in [1.807, 2.05) is 0 Å². The fourth-order valence-electron chi connectivity index (χ4n) is 1.42. The Morgan fingerprint density at radius 1 is 1.42 bits per heavy atom. The van der Waals surface area contributed by atoms with Crippen molar-refractivity contribution in [1.29, 1.82) is 0 Å². The predicted molar refractivity (Wildman–Crippen MR) is 67.7 cm³/mol. The minimum Gasteiger partial charge on any atom is -0.435 e. The second kappa shape index (κ2) is 7.04. The van der Waals surface area contributed by atoms with Gasteiger partial charge in [-0.05, 0) is 24.6 Å². The van der Waals surface area contributed by atoms with Gasteiger partial charge in [0.25, 0.3) is 0 Å². The van der Waals surface area contributed by atoms with Crippen molar-refractivity contribution in [2.24, 2.45) is 11.7 Å². The number of benzene rings is 1. The van der Waals surface area contributed by atoms with Gasteiger partial charge in [-0.25, -0.2) is 0 Å². The number of amides is 1. The van der Waals surface area contributed by atoms with Crippen molar-refractivity contribution < 1.29 is 18.3 Å². The summed E-state index contributed by atoms with van der Waals surface area (Å²) >= 11 is 0. The summed E-state index contributed by atoms with van der Waals surface area (Å²) in [5, 5.41) is 2.70. The zero-order valence-electron chi connectivity index (χ0n) is 10.9. The summed E-state index contributed by atoms with van der Waals surface area (Å²) in [6.45, 7) is 0.872. The fraction of sp³-hybridized carbons (Fsp3) is 0.462. The van der Waals surface area contributed by atoms with E-state index < -0.39 is 6.61 Å². The zero-order chi connectivity index (χ0) is 14.4. The summed E-state index contributed by atoms with van der Waals surface area (Å²) in [5.41, 5.74) is 6.30. The van der Waals surface area contributed by atoms with Crippen LogP contribution in [0, 0.1) is 5.92 Å². The number of hydrogen-bond acceptors (Lipinski definition) is 3. The molecule has 4 nitrogen and oxygen atoms in total. The van der Waals surface area contributed by atoms with Crippen molar-refractivity contribution in [3.63, 3.8) is 0 Å². The van der Waals surface area contributed by atoms with Crippen molar-refractivity contribution in [1.82, 2.24) is 5.32 Å². The molecule has 0 aliphatic carbocycles. The molecule has 0 bridgehead atoms. The Labute approximate surface area is 110 Å². The highest BCUT2D eigenvalue weighted by Crippen LogP contribution is 2.15. The molecule has 106 valence electrons. The summed E-state index contributed by atoms with van der Waals surface area (Å²) in [6, 6.07) is 5.96. The SMILES string of the molecule is CC(N)C(C)C(=O)NCc1cccc(OC(F)F)c1. The van der Waals surface area contributed by atoms with Gasteiger partial charge in [-0.15, -0.1) is 0 Å². The number of halogens is 2. The number of hydrogen-bond donors (Lipinski definition) is 2. The predicted octanol–water partition coefficient (Wildman–Crippen LogP) is 1.89. The molecule has 0 fully saturated rings. The van der Waals surface area contributed by atoms with Gasteiger partial charge in [0.1, 0.15) is 5.75 Å². The number of ether oxygens (including phenoxy) is 1. The number of carbonyl (C=O) groups excluding carboxylic acids is 1. The lowest BCUT2D eigenvalue weighted by atomic mass is 10.0. The zero-order valence-corrected chi connectivity index (χ0v) is 10.9. The van der Waals surface area contributed by atoms with Crippen LogP contribution in [0.2, 0.25) is 0 Å². The molecular weight excluding hydrogens is 254 g/mol. The Kier molecular flexibility index (Phi) is 5.69. The number of rotatable bonds is 6. The minimum absolute atomic E-state index is 0.0713. The Balaban J connectivity index is 2.56. The van der Waals surface area contributed by atoms with Crippen LogP contribution in [0.5, 0.6) is 5.75 Å². The van der Waals surface area contributed by atoms with E-state index in [-0.39, 0.29) is 30.2 Å². The van der Waals surface area contributed by atoms with Gasteiger partial charge in [-0.1, -0.05) is 19.1 Å². The number of carbonyl (C=O) groups is 1. The molecule has 0 spiro atoms. The monoisotopic (exact) mass is 272 g/mol. The van der Waals surface area contributed by atoms with Crippen LogP contribution < -0.4 is 15.8 Å². The van der Waals surface area contributed by atoms with Gasteiger partial charge in [-0.3, -0.25) is 4.79 Å². The Morgan fingerprint density at radius 3 is 2.68 bits per heavy atom. The molecule has 1 aromatic rings. The third-order valence-corrected chi connectivity index (χ3v) is 2.79. The van der Waals surface area contributed by atoms with Crippen molar-refractivity contribution in [3.8, 4) is 5.75 Å². The summed E-state index contributed by atoms with van der Waals surface area (Å²) in [5.74, 6) is -0.405. The molecule has 0 saturated heterocycles. The van der Waals surface area contributed by atoms with E-state index in [0.29, 0.717) is 5.56 Å². The average molecular weight is 272 g/mol. The highest BCUT2D eigenvalue weighted by Gasteiger charge is 2.16. The van der Waals surface area contributed by atoms with Gasteiger partial charge in [-0.2, -0.15) is 8.78 Å². The third-order valence-electron chi connectivity index (χ3n) is 2.79. The second-order valence-electron chi connectivity index (χ2n) is 4.39. The van der Waals surface area contributed by atoms with Crippen molar-refractivity contribution in [2.75, 3.05) is 0 Å². The van der Waals surface area contributed by atoms with E-state index >= 15 is 0 Å². The van der Waals surface area contributed by atoms with Crippen molar-refractivity contribution >= 4 is 5.91 Å². The van der Waals surface area contributed by atoms with E-state index in [1.165, 1.54) is 12.1 Å². The lowest BCUT2D eigenvalue weighted by molar-refractivity contribution is -0.125. The van der Waals surface area contributed by atoms with E-state index in [9.17, 15) is 13.6 Å². The first-order chi connectivity index (χ1) is 8.90. The van der Waals surface area contributed by atoms with Crippen molar-refractivity contribution in [2.45, 2.75) is 33.0 Å². The molecule has 6 heteroatoms. The molecule has 2 unspecified atom stereocenters. The largest absolute Gasteiger partial charge is 0.435 e. The Hall–Kier alpha value is -1.69. The van der Waals surface area contributed by atoms with Crippen LogP contribution in [-0.2, 0) is 11.3 Å². The lowest BCUT2D eigenvalue weighted by Gasteiger charge is -2.15. The van der Waals surface area contributed by atoms with Crippen LogP contribution in [0.4, 0.5) is 8.78 Å². The Bertz CT molecular complexity index is 425. The van der Waals surface area contributed by atoms with E-state index in [4.69, 9.17) is 5.73 Å². The second-order valence-corrected chi connectivity index (χ2v) is 4.39. The molecule has 0 aliphatic heterocycles. The van der Waals surface area contributed by atoms with Gasteiger partial charge in [0.05, 0.1) is 0 Å². The highest BCUT2D eigenvalue weighted by atomic mass is 19.3. The molecule has 3 N–H and O–H groups in total. The van der Waals surface area contributed by atoms with Gasteiger partial charge in [0.2, 0.25) is 5.91 Å². The maximum absolute atomic E-state index is 12.1. The topological polar surface area (TPSA) is 64.4 Å². The van der Waals surface area contributed by atoms with Crippen LogP contribution in [0.1, 0.15) is 19.4 Å². The maximum atomic E-state index is 12.1. The van der Waals surface area contributed by atoms with Crippen LogP contribution in [0.25, 0.3) is 0 Å². The Morgan fingerprint density at radius 2 is 2.11 bits per heavy atom. The summed E-state index contributed by atoms with van der Waals surface area (Å²) in [6.07, 6.45) is 0. The van der Waals surface area contributed by atoms with Gasteiger partial charge in [0.15, 0.2) is 0 Å².